The summed E-state index contributed by atoms with van der Waals surface area (Å²) in [5.74, 6) is -0.433. The van der Waals surface area contributed by atoms with Crippen LogP contribution in [-0.2, 0) is 0 Å². The summed E-state index contributed by atoms with van der Waals surface area (Å²) in [7, 11) is -1.71. The van der Waals surface area contributed by atoms with E-state index in [0.29, 0.717) is 10.8 Å². The monoisotopic (exact) mass is 244 g/mol. The van der Waals surface area contributed by atoms with Gasteiger partial charge in [0.15, 0.2) is 0 Å². The van der Waals surface area contributed by atoms with Crippen LogP contribution in [0, 0.1) is 0 Å². The van der Waals surface area contributed by atoms with E-state index in [9.17, 15) is 4.79 Å². The maximum absolute atomic E-state index is 10.7. The molecule has 0 saturated carbocycles. The first-order chi connectivity index (χ1) is 6.79. The van der Waals surface area contributed by atoms with Gasteiger partial charge in [0.1, 0.15) is 5.75 Å². The molecule has 0 aliphatic heterocycles. The maximum Gasteiger partial charge on any atom is 0.335 e. The number of carbonyl (C=O) groups is 1. The van der Waals surface area contributed by atoms with E-state index in [1.165, 1.54) is 12.1 Å². The molecule has 1 N–H and O–H groups in total. The van der Waals surface area contributed by atoms with Crippen molar-refractivity contribution in [3.8, 4) is 5.75 Å². The van der Waals surface area contributed by atoms with Gasteiger partial charge in [-0.05, 0) is 37.8 Å². The first-order valence-corrected chi connectivity index (χ1v) is 8.30. The van der Waals surface area contributed by atoms with Gasteiger partial charge in [-0.2, -0.15) is 0 Å². The van der Waals surface area contributed by atoms with Crippen molar-refractivity contribution in [3.05, 3.63) is 28.8 Å². The van der Waals surface area contributed by atoms with Crippen LogP contribution in [0.2, 0.25) is 24.7 Å². The molecule has 0 aliphatic carbocycles. The second-order valence-electron chi connectivity index (χ2n) is 4.16. The SMILES string of the molecule is C[Si](C)(C)Oc1ccc(C(=O)O)cc1Cl. The van der Waals surface area contributed by atoms with Crippen molar-refractivity contribution >= 4 is 25.9 Å². The molecule has 15 heavy (non-hydrogen) atoms. The molecule has 5 heteroatoms. The van der Waals surface area contributed by atoms with Gasteiger partial charge in [0.05, 0.1) is 10.6 Å². The smallest absolute Gasteiger partial charge is 0.335 e. The van der Waals surface area contributed by atoms with Crippen LogP contribution in [0.15, 0.2) is 18.2 Å². The van der Waals surface area contributed by atoms with E-state index in [1.807, 2.05) is 19.6 Å². The van der Waals surface area contributed by atoms with Crippen LogP contribution < -0.4 is 4.43 Å². The molecule has 0 radical (unpaired) electrons. The van der Waals surface area contributed by atoms with Gasteiger partial charge in [-0.15, -0.1) is 0 Å². The van der Waals surface area contributed by atoms with E-state index in [0.717, 1.165) is 0 Å². The lowest BCUT2D eigenvalue weighted by Crippen LogP contribution is -2.29. The van der Waals surface area contributed by atoms with Crippen molar-refractivity contribution in [3.63, 3.8) is 0 Å². The second kappa shape index (κ2) is 4.24. The van der Waals surface area contributed by atoms with E-state index in [-0.39, 0.29) is 5.56 Å². The van der Waals surface area contributed by atoms with Crippen LogP contribution in [0.1, 0.15) is 10.4 Å². The number of hydrogen-bond donors (Lipinski definition) is 1. The molecule has 0 amide bonds. The number of rotatable bonds is 3. The Balaban J connectivity index is 2.99. The van der Waals surface area contributed by atoms with Gasteiger partial charge in [-0.3, -0.25) is 0 Å². The summed E-state index contributed by atoms with van der Waals surface area (Å²) in [4.78, 5) is 10.7. The Morgan fingerprint density at radius 1 is 1.40 bits per heavy atom. The quantitative estimate of drug-likeness (QED) is 0.831. The number of benzene rings is 1. The number of aromatic carboxylic acids is 1. The Bertz CT molecular complexity index is 385. The highest BCUT2D eigenvalue weighted by Crippen LogP contribution is 2.27. The molecule has 3 nitrogen and oxygen atoms in total. The van der Waals surface area contributed by atoms with Crippen LogP contribution in [0.4, 0.5) is 0 Å². The minimum Gasteiger partial charge on any atom is -0.543 e. The zero-order valence-corrected chi connectivity index (χ0v) is 10.6. The van der Waals surface area contributed by atoms with Crippen LogP contribution in [0.3, 0.4) is 0 Å². The van der Waals surface area contributed by atoms with Crippen molar-refractivity contribution in [1.29, 1.82) is 0 Å². The summed E-state index contributed by atoms with van der Waals surface area (Å²) in [6.45, 7) is 6.11. The molecule has 1 aromatic carbocycles. The first-order valence-electron chi connectivity index (χ1n) is 4.51. The van der Waals surface area contributed by atoms with Gasteiger partial charge in [-0.1, -0.05) is 11.6 Å². The van der Waals surface area contributed by atoms with Crippen LogP contribution in [-0.4, -0.2) is 19.4 Å². The predicted octanol–water partition coefficient (Wildman–Crippen LogP) is 3.25. The van der Waals surface area contributed by atoms with Crippen LogP contribution in [0.25, 0.3) is 0 Å². The van der Waals surface area contributed by atoms with Crippen LogP contribution in [0.5, 0.6) is 5.75 Å². The fourth-order valence-corrected chi connectivity index (χ4v) is 2.17. The standard InChI is InChI=1S/C10H13ClO3Si/c1-15(2,3)14-9-5-4-7(10(12)13)6-8(9)11/h4-6H,1-3H3,(H,12,13). The third kappa shape index (κ3) is 3.57. The lowest BCUT2D eigenvalue weighted by atomic mass is 10.2. The molecule has 0 unspecified atom stereocenters. The largest absolute Gasteiger partial charge is 0.543 e. The zero-order valence-electron chi connectivity index (χ0n) is 8.87. The molecular formula is C10H13ClO3Si. The Morgan fingerprint density at radius 2 is 2.00 bits per heavy atom. The Kier molecular flexibility index (Phi) is 3.41. The first kappa shape index (κ1) is 12.1. The minimum absolute atomic E-state index is 0.169. The van der Waals surface area contributed by atoms with Crippen molar-refractivity contribution in [2.75, 3.05) is 0 Å². The van der Waals surface area contributed by atoms with Crippen LogP contribution >= 0.6 is 11.6 Å². The maximum atomic E-state index is 10.7. The fraction of sp³-hybridized carbons (Fsp3) is 0.300. The average molecular weight is 245 g/mol. The Labute approximate surface area is 94.8 Å². The van der Waals surface area contributed by atoms with Gasteiger partial charge in [0.2, 0.25) is 8.32 Å². The van der Waals surface area contributed by atoms with Gasteiger partial charge < -0.3 is 9.53 Å². The van der Waals surface area contributed by atoms with E-state index in [4.69, 9.17) is 21.1 Å². The number of carboxylic acid groups (broad SMARTS) is 1. The molecule has 0 saturated heterocycles. The van der Waals surface area contributed by atoms with Gasteiger partial charge >= 0.3 is 5.97 Å². The molecule has 0 spiro atoms. The summed E-state index contributed by atoms with van der Waals surface area (Å²) in [5.41, 5.74) is 0.169. The Hall–Kier alpha value is -1.00. The fourth-order valence-electron chi connectivity index (χ4n) is 1.05. The van der Waals surface area contributed by atoms with Gasteiger partial charge in [0, 0.05) is 0 Å². The van der Waals surface area contributed by atoms with E-state index < -0.39 is 14.3 Å². The molecule has 1 rings (SSSR count). The highest BCUT2D eigenvalue weighted by atomic mass is 35.5. The number of hydrogen-bond acceptors (Lipinski definition) is 2. The second-order valence-corrected chi connectivity index (χ2v) is 9.00. The summed E-state index contributed by atoms with van der Waals surface area (Å²) < 4.78 is 5.68. The average Bonchev–Trinajstić information content (AvgIpc) is 2.05. The van der Waals surface area contributed by atoms with Crippen molar-refractivity contribution in [2.24, 2.45) is 0 Å². The zero-order chi connectivity index (χ0) is 11.6. The van der Waals surface area contributed by atoms with Crippen molar-refractivity contribution in [1.82, 2.24) is 0 Å². The molecule has 0 fully saturated rings. The molecule has 82 valence electrons. The predicted molar refractivity (Wildman–Crippen MR) is 62.4 cm³/mol. The summed E-state index contributed by atoms with van der Waals surface area (Å²) >= 11 is 5.91. The molecule has 0 aromatic heterocycles. The molecule has 0 aliphatic rings. The van der Waals surface area contributed by atoms with E-state index >= 15 is 0 Å². The van der Waals surface area contributed by atoms with Gasteiger partial charge in [0.25, 0.3) is 0 Å². The third-order valence-electron chi connectivity index (χ3n) is 1.59. The number of carboxylic acids is 1. The highest BCUT2D eigenvalue weighted by molar-refractivity contribution is 6.70. The lowest BCUT2D eigenvalue weighted by Gasteiger charge is -2.20. The minimum atomic E-state index is -1.71. The van der Waals surface area contributed by atoms with Crippen molar-refractivity contribution in [2.45, 2.75) is 19.6 Å². The number of halogens is 1. The topological polar surface area (TPSA) is 46.5 Å². The van der Waals surface area contributed by atoms with Crippen molar-refractivity contribution < 1.29 is 14.3 Å². The molecule has 0 bridgehead atoms. The summed E-state index contributed by atoms with van der Waals surface area (Å²) in [5, 5.41) is 9.09. The molecule has 0 atom stereocenters. The molecule has 0 heterocycles. The molecule has 1 aromatic rings. The lowest BCUT2D eigenvalue weighted by molar-refractivity contribution is 0.0697. The summed E-state index contributed by atoms with van der Waals surface area (Å²) in [6.07, 6.45) is 0. The third-order valence-corrected chi connectivity index (χ3v) is 2.72. The highest BCUT2D eigenvalue weighted by Gasteiger charge is 2.18. The Morgan fingerprint density at radius 3 is 2.40 bits per heavy atom. The summed E-state index contributed by atoms with van der Waals surface area (Å²) in [6, 6.07) is 4.49. The van der Waals surface area contributed by atoms with E-state index in [2.05, 4.69) is 0 Å². The van der Waals surface area contributed by atoms with E-state index in [1.54, 1.807) is 6.07 Å². The van der Waals surface area contributed by atoms with Gasteiger partial charge in [-0.25, -0.2) is 4.79 Å². The molecular weight excluding hydrogens is 232 g/mol. The normalized spacial score (nSPS) is 11.2.